The first-order chi connectivity index (χ1) is 7.99. The highest BCUT2D eigenvalue weighted by atomic mass is 15.3. The van der Waals surface area contributed by atoms with Crippen molar-refractivity contribution in [1.82, 2.24) is 4.90 Å². The monoisotopic (exact) mass is 233 g/mol. The number of rotatable bonds is 1. The van der Waals surface area contributed by atoms with E-state index in [1.54, 1.807) is 0 Å². The van der Waals surface area contributed by atoms with E-state index in [9.17, 15) is 0 Å². The van der Waals surface area contributed by atoms with Gasteiger partial charge in [0.05, 0.1) is 0 Å². The molecule has 1 aromatic rings. The fourth-order valence-electron chi connectivity index (χ4n) is 2.63. The summed E-state index contributed by atoms with van der Waals surface area (Å²) in [5, 5.41) is 0. The van der Waals surface area contributed by atoms with E-state index < -0.39 is 0 Å². The standard InChI is InChI=1S/C14H23N3/c1-10-7-13(15)5-6-14(10)17-8-11(2)16(4)12(3)9-17/h5-7,11-12H,8-9,15H2,1-4H3/t11-,12+. The second-order valence-electron chi connectivity index (χ2n) is 5.31. The molecule has 17 heavy (non-hydrogen) atoms. The molecule has 1 heterocycles. The van der Waals surface area contributed by atoms with Crippen molar-refractivity contribution in [2.75, 3.05) is 30.8 Å². The van der Waals surface area contributed by atoms with E-state index in [0.29, 0.717) is 12.1 Å². The van der Waals surface area contributed by atoms with Crippen molar-refractivity contribution in [3.05, 3.63) is 23.8 Å². The average Bonchev–Trinajstić information content (AvgIpc) is 2.25. The van der Waals surface area contributed by atoms with Gasteiger partial charge in [0, 0.05) is 36.5 Å². The molecule has 0 aromatic heterocycles. The van der Waals surface area contributed by atoms with E-state index in [4.69, 9.17) is 5.73 Å². The predicted octanol–water partition coefficient (Wildman–Crippen LogP) is 2.11. The third-order valence-electron chi connectivity index (χ3n) is 3.92. The van der Waals surface area contributed by atoms with E-state index in [0.717, 1.165) is 18.8 Å². The minimum Gasteiger partial charge on any atom is -0.399 e. The Hall–Kier alpha value is -1.22. The molecule has 1 aromatic carbocycles. The Morgan fingerprint density at radius 3 is 2.29 bits per heavy atom. The average molecular weight is 233 g/mol. The molecule has 0 amide bonds. The van der Waals surface area contributed by atoms with Gasteiger partial charge in [-0.3, -0.25) is 4.90 Å². The van der Waals surface area contributed by atoms with Crippen molar-refractivity contribution >= 4 is 11.4 Å². The van der Waals surface area contributed by atoms with Gasteiger partial charge >= 0.3 is 0 Å². The van der Waals surface area contributed by atoms with Crippen LogP contribution < -0.4 is 10.6 Å². The van der Waals surface area contributed by atoms with Crippen molar-refractivity contribution in [3.8, 4) is 0 Å². The Kier molecular flexibility index (Phi) is 3.29. The summed E-state index contributed by atoms with van der Waals surface area (Å²) in [5.41, 5.74) is 9.25. The predicted molar refractivity (Wildman–Crippen MR) is 74.5 cm³/mol. The molecule has 0 spiro atoms. The first-order valence-corrected chi connectivity index (χ1v) is 6.32. The molecular formula is C14H23N3. The number of nitrogens with zero attached hydrogens (tertiary/aromatic N) is 2. The maximum atomic E-state index is 5.81. The van der Waals surface area contributed by atoms with Crippen molar-refractivity contribution in [2.45, 2.75) is 32.9 Å². The second-order valence-corrected chi connectivity index (χ2v) is 5.31. The molecule has 0 unspecified atom stereocenters. The Labute approximate surface area is 104 Å². The molecule has 0 aliphatic carbocycles. The van der Waals surface area contributed by atoms with E-state index in [1.165, 1.54) is 11.3 Å². The molecule has 2 N–H and O–H groups in total. The topological polar surface area (TPSA) is 32.5 Å². The molecule has 3 heteroatoms. The minimum atomic E-state index is 0.593. The van der Waals surface area contributed by atoms with Crippen molar-refractivity contribution < 1.29 is 0 Å². The van der Waals surface area contributed by atoms with E-state index >= 15 is 0 Å². The molecule has 0 saturated carbocycles. The number of benzene rings is 1. The summed E-state index contributed by atoms with van der Waals surface area (Å²) in [5.74, 6) is 0. The van der Waals surface area contributed by atoms with Crippen LogP contribution in [0, 0.1) is 6.92 Å². The zero-order valence-electron chi connectivity index (χ0n) is 11.3. The van der Waals surface area contributed by atoms with Gasteiger partial charge in [0.15, 0.2) is 0 Å². The number of anilines is 2. The summed E-state index contributed by atoms with van der Waals surface area (Å²) in [7, 11) is 2.21. The normalized spacial score (nSPS) is 26.2. The lowest BCUT2D eigenvalue weighted by atomic mass is 10.1. The Balaban J connectivity index is 2.23. The highest BCUT2D eigenvalue weighted by molar-refractivity contribution is 5.59. The number of nitrogen functional groups attached to an aromatic ring is 1. The summed E-state index contributed by atoms with van der Waals surface area (Å²) in [6.07, 6.45) is 0. The molecule has 0 radical (unpaired) electrons. The van der Waals surface area contributed by atoms with Crippen LogP contribution in [0.5, 0.6) is 0 Å². The molecule has 2 rings (SSSR count). The molecule has 3 nitrogen and oxygen atoms in total. The maximum Gasteiger partial charge on any atom is 0.0398 e. The highest BCUT2D eigenvalue weighted by Crippen LogP contribution is 2.26. The Bertz CT molecular complexity index is 390. The summed E-state index contributed by atoms with van der Waals surface area (Å²) in [6, 6.07) is 7.39. The number of nitrogens with two attached hydrogens (primary N) is 1. The number of hydrogen-bond acceptors (Lipinski definition) is 3. The van der Waals surface area contributed by atoms with Gasteiger partial charge in [-0.2, -0.15) is 0 Å². The largest absolute Gasteiger partial charge is 0.399 e. The maximum absolute atomic E-state index is 5.81. The summed E-state index contributed by atoms with van der Waals surface area (Å²) >= 11 is 0. The number of aryl methyl sites for hydroxylation is 1. The van der Waals surface area contributed by atoms with Crippen LogP contribution in [0.25, 0.3) is 0 Å². The molecular weight excluding hydrogens is 210 g/mol. The van der Waals surface area contributed by atoms with Crippen LogP contribution in [0.1, 0.15) is 19.4 Å². The highest BCUT2D eigenvalue weighted by Gasteiger charge is 2.27. The zero-order valence-corrected chi connectivity index (χ0v) is 11.3. The van der Waals surface area contributed by atoms with E-state index in [1.807, 2.05) is 6.07 Å². The van der Waals surface area contributed by atoms with Crippen LogP contribution in [0.3, 0.4) is 0 Å². The number of hydrogen-bond donors (Lipinski definition) is 1. The summed E-state index contributed by atoms with van der Waals surface area (Å²) in [6.45, 7) is 8.89. The smallest absolute Gasteiger partial charge is 0.0398 e. The van der Waals surface area contributed by atoms with Crippen LogP contribution in [0.15, 0.2) is 18.2 Å². The molecule has 1 fully saturated rings. The Morgan fingerprint density at radius 2 is 1.76 bits per heavy atom. The van der Waals surface area contributed by atoms with Crippen LogP contribution in [-0.4, -0.2) is 37.1 Å². The van der Waals surface area contributed by atoms with Crippen LogP contribution in [0.2, 0.25) is 0 Å². The first-order valence-electron chi connectivity index (χ1n) is 6.32. The third-order valence-corrected chi connectivity index (χ3v) is 3.92. The van der Waals surface area contributed by atoms with Gasteiger partial charge in [0.2, 0.25) is 0 Å². The second kappa shape index (κ2) is 4.57. The van der Waals surface area contributed by atoms with Gasteiger partial charge in [-0.05, 0) is 51.6 Å². The molecule has 1 aliphatic heterocycles. The van der Waals surface area contributed by atoms with Crippen molar-refractivity contribution in [3.63, 3.8) is 0 Å². The van der Waals surface area contributed by atoms with Gasteiger partial charge in [0.25, 0.3) is 0 Å². The van der Waals surface area contributed by atoms with Gasteiger partial charge in [-0.15, -0.1) is 0 Å². The van der Waals surface area contributed by atoms with Gasteiger partial charge in [-0.1, -0.05) is 0 Å². The lowest BCUT2D eigenvalue weighted by Gasteiger charge is -2.44. The lowest BCUT2D eigenvalue weighted by Crippen LogP contribution is -2.55. The first kappa shape index (κ1) is 12.2. The number of likely N-dealkylation sites (N-methyl/N-ethyl adjacent to an activating group) is 1. The molecule has 94 valence electrons. The van der Waals surface area contributed by atoms with Crippen molar-refractivity contribution in [1.29, 1.82) is 0 Å². The molecule has 0 bridgehead atoms. The van der Waals surface area contributed by atoms with Gasteiger partial charge in [-0.25, -0.2) is 0 Å². The van der Waals surface area contributed by atoms with E-state index in [-0.39, 0.29) is 0 Å². The van der Waals surface area contributed by atoms with E-state index in [2.05, 4.69) is 49.8 Å². The lowest BCUT2D eigenvalue weighted by molar-refractivity contribution is 0.170. The van der Waals surface area contributed by atoms with Crippen LogP contribution in [-0.2, 0) is 0 Å². The zero-order chi connectivity index (χ0) is 12.6. The molecule has 1 saturated heterocycles. The van der Waals surface area contributed by atoms with Crippen LogP contribution in [0.4, 0.5) is 11.4 Å². The summed E-state index contributed by atoms with van der Waals surface area (Å²) in [4.78, 5) is 4.92. The molecule has 2 atom stereocenters. The quantitative estimate of drug-likeness (QED) is 0.754. The Morgan fingerprint density at radius 1 is 1.18 bits per heavy atom. The van der Waals surface area contributed by atoms with Gasteiger partial charge < -0.3 is 10.6 Å². The fourth-order valence-corrected chi connectivity index (χ4v) is 2.63. The molecule has 1 aliphatic rings. The SMILES string of the molecule is Cc1cc(N)ccc1N1C[C@@H](C)N(C)[C@@H](C)C1. The minimum absolute atomic E-state index is 0.593. The summed E-state index contributed by atoms with van der Waals surface area (Å²) < 4.78 is 0. The fraction of sp³-hybridized carbons (Fsp3) is 0.571. The van der Waals surface area contributed by atoms with Crippen LogP contribution >= 0.6 is 0 Å². The third kappa shape index (κ3) is 2.39. The van der Waals surface area contributed by atoms with Crippen molar-refractivity contribution in [2.24, 2.45) is 0 Å². The van der Waals surface area contributed by atoms with Gasteiger partial charge in [0.1, 0.15) is 0 Å². The number of piperazine rings is 1.